The largest absolute Gasteiger partial charge is 0.508 e. The van der Waals surface area contributed by atoms with Crippen molar-refractivity contribution in [1.29, 1.82) is 0 Å². The average Bonchev–Trinajstić information content (AvgIpc) is 2.55. The molecule has 0 aliphatic heterocycles. The molecule has 24 heavy (non-hydrogen) atoms. The fourth-order valence-electron chi connectivity index (χ4n) is 2.22. The number of aromatic hydroxyl groups is 2. The van der Waals surface area contributed by atoms with Crippen LogP contribution in [-0.4, -0.2) is 48.8 Å². The summed E-state index contributed by atoms with van der Waals surface area (Å²) in [4.78, 5) is 1.67. The molecule has 0 saturated heterocycles. The van der Waals surface area contributed by atoms with E-state index in [4.69, 9.17) is 10.5 Å². The molecular weight excluding hydrogens is 315 g/mol. The summed E-state index contributed by atoms with van der Waals surface area (Å²) < 4.78 is 17.7. The number of benzene rings is 2. The van der Waals surface area contributed by atoms with Crippen molar-refractivity contribution in [1.82, 2.24) is 0 Å². The van der Waals surface area contributed by atoms with E-state index in [2.05, 4.69) is 0 Å². The van der Waals surface area contributed by atoms with Gasteiger partial charge >= 0.3 is 0 Å². The molecule has 0 fully saturated rings. The molecule has 0 bridgehead atoms. The van der Waals surface area contributed by atoms with Crippen LogP contribution in [0.1, 0.15) is 0 Å². The average molecular weight is 336 g/mol. The number of phenolic OH excluding ortho intramolecular Hbond substituents is 2. The Bertz CT molecular complexity index is 722. The van der Waals surface area contributed by atoms with E-state index in [1.54, 1.807) is 37.2 Å². The number of aliphatic hydroxyl groups excluding tert-OH is 1. The lowest BCUT2D eigenvalue weighted by atomic mass is 10.0. The van der Waals surface area contributed by atoms with Crippen molar-refractivity contribution in [3.63, 3.8) is 0 Å². The van der Waals surface area contributed by atoms with Crippen molar-refractivity contribution in [3.05, 3.63) is 30.3 Å². The first-order valence-corrected chi connectivity index (χ1v) is 7.33. The summed E-state index contributed by atoms with van der Waals surface area (Å²) in [6.45, 7) is -1.15. The maximum atomic E-state index is 12.3. The summed E-state index contributed by atoms with van der Waals surface area (Å²) in [6, 6.07) is 7.68. The summed E-state index contributed by atoms with van der Waals surface area (Å²) in [5, 5.41) is 29.6. The number of phenols is 2. The summed E-state index contributed by atoms with van der Waals surface area (Å²) in [5.74, 6) is 0.255. The van der Waals surface area contributed by atoms with Gasteiger partial charge in [-0.1, -0.05) is 6.07 Å². The second kappa shape index (κ2) is 7.27. The number of anilines is 2. The Morgan fingerprint density at radius 1 is 1.21 bits per heavy atom. The van der Waals surface area contributed by atoms with Gasteiger partial charge in [0, 0.05) is 25.7 Å². The third kappa shape index (κ3) is 3.80. The van der Waals surface area contributed by atoms with Crippen molar-refractivity contribution in [2.75, 3.05) is 38.0 Å². The fourth-order valence-corrected chi connectivity index (χ4v) is 2.22. The second-order valence-corrected chi connectivity index (χ2v) is 5.63. The molecule has 7 heteroatoms. The summed E-state index contributed by atoms with van der Waals surface area (Å²) in [7, 11) is 3.49. The minimum absolute atomic E-state index is 0.00125. The number of hydrogen-bond donors (Lipinski definition) is 4. The van der Waals surface area contributed by atoms with Gasteiger partial charge in [-0.3, -0.25) is 0 Å². The Hall–Kier alpha value is -2.67. The molecule has 2 aromatic carbocycles. The number of halogens is 1. The zero-order valence-electron chi connectivity index (χ0n) is 13.5. The lowest BCUT2D eigenvalue weighted by Gasteiger charge is -2.18. The van der Waals surface area contributed by atoms with Crippen LogP contribution in [0, 0.1) is 0 Å². The van der Waals surface area contributed by atoms with Crippen LogP contribution in [-0.2, 0) is 0 Å². The molecule has 1 unspecified atom stereocenters. The highest BCUT2D eigenvalue weighted by molar-refractivity contribution is 5.81. The molecule has 0 radical (unpaired) electrons. The summed E-state index contributed by atoms with van der Waals surface area (Å²) >= 11 is 0. The van der Waals surface area contributed by atoms with Crippen molar-refractivity contribution in [2.24, 2.45) is 0 Å². The second-order valence-electron chi connectivity index (χ2n) is 5.63. The normalized spacial score (nSPS) is 12.0. The van der Waals surface area contributed by atoms with Crippen LogP contribution in [0.4, 0.5) is 15.8 Å². The molecule has 0 aliphatic carbocycles. The molecule has 130 valence electrons. The maximum Gasteiger partial charge on any atom is 0.146 e. The van der Waals surface area contributed by atoms with Gasteiger partial charge in [-0.05, 0) is 23.8 Å². The van der Waals surface area contributed by atoms with E-state index >= 15 is 0 Å². The van der Waals surface area contributed by atoms with Gasteiger partial charge in [0.05, 0.1) is 11.4 Å². The van der Waals surface area contributed by atoms with E-state index in [0.29, 0.717) is 22.5 Å². The number of nitrogens with zero attached hydrogens (tertiary/aromatic N) is 1. The Morgan fingerprint density at radius 2 is 1.92 bits per heavy atom. The molecule has 0 saturated carbocycles. The molecule has 2 aromatic rings. The van der Waals surface area contributed by atoms with Gasteiger partial charge in [0.2, 0.25) is 0 Å². The molecule has 0 aliphatic rings. The molecule has 1 atom stereocenters. The van der Waals surface area contributed by atoms with Crippen LogP contribution in [0.5, 0.6) is 17.2 Å². The van der Waals surface area contributed by atoms with E-state index in [1.165, 1.54) is 12.1 Å². The predicted octanol–water partition coefficient (Wildman–Crippen LogP) is 2.12. The highest BCUT2D eigenvalue weighted by atomic mass is 19.1. The zero-order valence-corrected chi connectivity index (χ0v) is 13.5. The molecular formula is C17H21FN2O4. The van der Waals surface area contributed by atoms with E-state index in [9.17, 15) is 19.7 Å². The number of aliphatic hydroxyl groups is 1. The molecule has 0 aromatic heterocycles. The minimum atomic E-state index is -1.23. The van der Waals surface area contributed by atoms with E-state index in [0.717, 1.165) is 0 Å². The highest BCUT2D eigenvalue weighted by Crippen LogP contribution is 2.41. The lowest BCUT2D eigenvalue weighted by Crippen LogP contribution is -2.19. The minimum Gasteiger partial charge on any atom is -0.508 e. The van der Waals surface area contributed by atoms with Crippen LogP contribution in [0.25, 0.3) is 11.1 Å². The number of nitrogens with two attached hydrogens (primary N) is 1. The Kier molecular flexibility index (Phi) is 5.35. The number of nitrogen functional groups attached to an aromatic ring is 1. The predicted molar refractivity (Wildman–Crippen MR) is 91.4 cm³/mol. The van der Waals surface area contributed by atoms with Crippen molar-refractivity contribution < 1.29 is 24.4 Å². The van der Waals surface area contributed by atoms with Crippen LogP contribution in [0.3, 0.4) is 0 Å². The van der Waals surface area contributed by atoms with Crippen LogP contribution < -0.4 is 15.4 Å². The van der Waals surface area contributed by atoms with E-state index in [1.807, 2.05) is 0 Å². The monoisotopic (exact) mass is 336 g/mol. The van der Waals surface area contributed by atoms with Crippen LogP contribution >= 0.6 is 0 Å². The standard InChI is InChI=1S/C17H21FN2O4/c1-20(2)15-7-11(21)6-13(17(15)23)10-3-4-14(19)16(5-10)24-9-12(22)8-18/h3-7,12,21-23H,8-9,19H2,1-2H3. The van der Waals surface area contributed by atoms with Crippen molar-refractivity contribution in [2.45, 2.75) is 6.10 Å². The van der Waals surface area contributed by atoms with Gasteiger partial charge in [0.15, 0.2) is 0 Å². The van der Waals surface area contributed by atoms with Crippen LogP contribution in [0.15, 0.2) is 30.3 Å². The summed E-state index contributed by atoms with van der Waals surface area (Å²) in [6.07, 6.45) is -1.23. The molecule has 6 nitrogen and oxygen atoms in total. The van der Waals surface area contributed by atoms with Gasteiger partial charge < -0.3 is 30.7 Å². The number of rotatable bonds is 6. The Balaban J connectivity index is 2.43. The first-order chi connectivity index (χ1) is 11.3. The smallest absolute Gasteiger partial charge is 0.146 e. The van der Waals surface area contributed by atoms with Gasteiger partial charge in [-0.25, -0.2) is 4.39 Å². The lowest BCUT2D eigenvalue weighted by molar-refractivity contribution is 0.0845. The first kappa shape index (κ1) is 17.7. The third-order valence-corrected chi connectivity index (χ3v) is 3.49. The third-order valence-electron chi connectivity index (χ3n) is 3.49. The van der Waals surface area contributed by atoms with Gasteiger partial charge in [0.1, 0.15) is 36.6 Å². The molecule has 0 spiro atoms. The molecule has 2 rings (SSSR count). The highest BCUT2D eigenvalue weighted by Gasteiger charge is 2.15. The van der Waals surface area contributed by atoms with Crippen molar-refractivity contribution >= 4 is 11.4 Å². The Labute approximate surface area is 139 Å². The maximum absolute atomic E-state index is 12.3. The summed E-state index contributed by atoms with van der Waals surface area (Å²) in [5.41, 5.74) is 7.55. The zero-order chi connectivity index (χ0) is 17.9. The Morgan fingerprint density at radius 3 is 2.54 bits per heavy atom. The number of alkyl halides is 1. The van der Waals surface area contributed by atoms with Gasteiger partial charge in [-0.2, -0.15) is 0 Å². The van der Waals surface area contributed by atoms with Crippen LogP contribution in [0.2, 0.25) is 0 Å². The first-order valence-electron chi connectivity index (χ1n) is 7.33. The quantitative estimate of drug-likeness (QED) is 0.476. The molecule has 0 heterocycles. The molecule has 5 N–H and O–H groups in total. The fraction of sp³-hybridized carbons (Fsp3) is 0.294. The van der Waals surface area contributed by atoms with Gasteiger partial charge in [-0.15, -0.1) is 0 Å². The number of hydrogen-bond acceptors (Lipinski definition) is 6. The van der Waals surface area contributed by atoms with Crippen molar-refractivity contribution in [3.8, 4) is 28.4 Å². The van der Waals surface area contributed by atoms with E-state index < -0.39 is 12.8 Å². The van der Waals surface area contributed by atoms with E-state index in [-0.39, 0.29) is 23.9 Å². The SMILES string of the molecule is CN(C)c1cc(O)cc(-c2ccc(N)c(OCC(O)CF)c2)c1O. The van der Waals surface area contributed by atoms with Gasteiger partial charge in [0.25, 0.3) is 0 Å². The molecule has 0 amide bonds. The topological polar surface area (TPSA) is 99.2 Å². The number of ether oxygens (including phenoxy) is 1.